The Hall–Kier alpha value is -1.31. The predicted octanol–water partition coefficient (Wildman–Crippen LogP) is 5.70. The van der Waals surface area contributed by atoms with E-state index in [0.29, 0.717) is 24.9 Å². The topological polar surface area (TPSA) is 26.3 Å². The second-order valence-electron chi connectivity index (χ2n) is 7.15. The van der Waals surface area contributed by atoms with Gasteiger partial charge in [0.2, 0.25) is 0 Å². The molecule has 0 spiro atoms. The first-order valence-electron chi connectivity index (χ1n) is 9.34. The Morgan fingerprint density at radius 2 is 1.78 bits per heavy atom. The van der Waals surface area contributed by atoms with Gasteiger partial charge in [-0.3, -0.25) is 4.79 Å². The van der Waals surface area contributed by atoms with E-state index in [0.717, 1.165) is 6.42 Å². The average molecular weight is 316 g/mol. The minimum absolute atomic E-state index is 0.0129. The molecule has 128 valence electrons. The summed E-state index contributed by atoms with van der Waals surface area (Å²) in [7, 11) is 0. The Morgan fingerprint density at radius 3 is 2.52 bits per heavy atom. The molecule has 2 nitrogen and oxygen atoms in total. The van der Waals surface area contributed by atoms with Crippen molar-refractivity contribution in [2.45, 2.75) is 78.1 Å². The molecular weight excluding hydrogens is 284 g/mol. The number of carbonyl (C=O) groups is 1. The molecule has 2 rings (SSSR count). The lowest BCUT2D eigenvalue weighted by molar-refractivity contribution is -0.150. The Labute approximate surface area is 141 Å². The van der Waals surface area contributed by atoms with Gasteiger partial charge in [0.15, 0.2) is 0 Å². The molecule has 1 heterocycles. The molecule has 1 aliphatic rings. The highest BCUT2D eigenvalue weighted by Gasteiger charge is 2.31. The Morgan fingerprint density at radius 1 is 1.04 bits per heavy atom. The molecule has 1 saturated heterocycles. The van der Waals surface area contributed by atoms with E-state index < -0.39 is 0 Å². The van der Waals surface area contributed by atoms with Gasteiger partial charge in [0.1, 0.15) is 0 Å². The highest BCUT2D eigenvalue weighted by atomic mass is 16.5. The van der Waals surface area contributed by atoms with Gasteiger partial charge in [0.25, 0.3) is 0 Å². The van der Waals surface area contributed by atoms with Crippen LogP contribution in [0.1, 0.15) is 80.9 Å². The van der Waals surface area contributed by atoms with Crippen LogP contribution in [0.2, 0.25) is 0 Å². The molecule has 1 fully saturated rings. The Bertz CT molecular complexity index is 507. The summed E-state index contributed by atoms with van der Waals surface area (Å²) in [4.78, 5) is 11.7. The van der Waals surface area contributed by atoms with Gasteiger partial charge in [-0.2, -0.15) is 0 Å². The lowest BCUT2D eigenvalue weighted by Crippen LogP contribution is -2.29. The van der Waals surface area contributed by atoms with E-state index in [1.54, 1.807) is 0 Å². The fourth-order valence-electron chi connectivity index (χ4n) is 3.59. The standard InChI is InChI=1S/C21H32O2/c1-4-5-6-7-8-9-10-18-14-21(22)23-15-20(18)19-12-11-16(2)17(3)13-19/h11-13,18,20H,4-10,14-15H2,1-3H3/t18-,20+/m0/s1. The lowest BCUT2D eigenvalue weighted by atomic mass is 9.79. The lowest BCUT2D eigenvalue weighted by Gasteiger charge is -2.31. The number of hydrogen-bond acceptors (Lipinski definition) is 2. The van der Waals surface area contributed by atoms with E-state index in [4.69, 9.17) is 4.74 Å². The summed E-state index contributed by atoms with van der Waals surface area (Å²) in [6.45, 7) is 7.12. The van der Waals surface area contributed by atoms with Crippen molar-refractivity contribution in [2.24, 2.45) is 5.92 Å². The fourth-order valence-corrected chi connectivity index (χ4v) is 3.59. The van der Waals surface area contributed by atoms with Gasteiger partial charge in [-0.05, 0) is 42.9 Å². The van der Waals surface area contributed by atoms with E-state index in [9.17, 15) is 4.79 Å². The van der Waals surface area contributed by atoms with Crippen LogP contribution in [-0.2, 0) is 9.53 Å². The van der Waals surface area contributed by atoms with Crippen molar-refractivity contribution < 1.29 is 9.53 Å². The summed E-state index contributed by atoms with van der Waals surface area (Å²) in [5.41, 5.74) is 4.00. The normalized spacial score (nSPS) is 21.3. The van der Waals surface area contributed by atoms with Crippen molar-refractivity contribution in [1.82, 2.24) is 0 Å². The third kappa shape index (κ3) is 5.37. The van der Waals surface area contributed by atoms with Gasteiger partial charge in [-0.1, -0.05) is 63.6 Å². The fraction of sp³-hybridized carbons (Fsp3) is 0.667. The van der Waals surface area contributed by atoms with Crippen molar-refractivity contribution in [2.75, 3.05) is 6.61 Å². The van der Waals surface area contributed by atoms with Crippen molar-refractivity contribution in [3.63, 3.8) is 0 Å². The zero-order valence-corrected chi connectivity index (χ0v) is 15.1. The number of cyclic esters (lactones) is 1. The van der Waals surface area contributed by atoms with Gasteiger partial charge >= 0.3 is 5.97 Å². The molecule has 1 aromatic rings. The Balaban J connectivity index is 1.93. The van der Waals surface area contributed by atoms with Crippen LogP contribution in [0.25, 0.3) is 0 Å². The van der Waals surface area contributed by atoms with Gasteiger partial charge in [-0.25, -0.2) is 0 Å². The van der Waals surface area contributed by atoms with Gasteiger partial charge < -0.3 is 4.74 Å². The molecule has 1 aromatic carbocycles. The first-order valence-corrected chi connectivity index (χ1v) is 9.34. The highest BCUT2D eigenvalue weighted by Crippen LogP contribution is 2.36. The van der Waals surface area contributed by atoms with Crippen LogP contribution in [0.5, 0.6) is 0 Å². The van der Waals surface area contributed by atoms with Gasteiger partial charge in [0, 0.05) is 12.3 Å². The summed E-state index contributed by atoms with van der Waals surface area (Å²) >= 11 is 0. The van der Waals surface area contributed by atoms with Gasteiger partial charge in [-0.15, -0.1) is 0 Å². The number of rotatable bonds is 8. The summed E-state index contributed by atoms with van der Waals surface area (Å²) in [6.07, 6.45) is 9.60. The zero-order valence-electron chi connectivity index (χ0n) is 15.1. The number of esters is 1. The third-order valence-corrected chi connectivity index (χ3v) is 5.31. The zero-order chi connectivity index (χ0) is 16.7. The molecular formula is C21H32O2. The summed E-state index contributed by atoms with van der Waals surface area (Å²) in [6, 6.07) is 6.71. The van der Waals surface area contributed by atoms with Crippen molar-refractivity contribution in [1.29, 1.82) is 0 Å². The highest BCUT2D eigenvalue weighted by molar-refractivity contribution is 5.70. The first-order chi connectivity index (χ1) is 11.1. The number of aryl methyl sites for hydroxylation is 2. The molecule has 2 heteroatoms. The molecule has 0 bridgehead atoms. The molecule has 0 aliphatic carbocycles. The first kappa shape index (κ1) is 18.0. The van der Waals surface area contributed by atoms with Crippen LogP contribution in [0, 0.1) is 19.8 Å². The molecule has 1 aliphatic heterocycles. The molecule has 0 radical (unpaired) electrons. The summed E-state index contributed by atoms with van der Waals surface area (Å²) in [5, 5.41) is 0. The maximum atomic E-state index is 11.7. The van der Waals surface area contributed by atoms with E-state index in [1.807, 2.05) is 0 Å². The molecule has 0 saturated carbocycles. The molecule has 0 N–H and O–H groups in total. The number of carbonyl (C=O) groups excluding carboxylic acids is 1. The third-order valence-electron chi connectivity index (χ3n) is 5.31. The maximum Gasteiger partial charge on any atom is 0.306 e. The smallest absolute Gasteiger partial charge is 0.306 e. The Kier molecular flexibility index (Phi) is 7.14. The SMILES string of the molecule is CCCCCCCC[C@H]1CC(=O)OC[C@H]1c1ccc(C)c(C)c1. The van der Waals surface area contributed by atoms with Gasteiger partial charge in [0.05, 0.1) is 6.61 Å². The minimum Gasteiger partial charge on any atom is -0.465 e. The van der Waals surface area contributed by atoms with E-state index in [2.05, 4.69) is 39.0 Å². The minimum atomic E-state index is -0.0129. The molecule has 0 aromatic heterocycles. The van der Waals surface area contributed by atoms with Crippen LogP contribution in [-0.4, -0.2) is 12.6 Å². The second kappa shape index (κ2) is 9.10. The van der Waals surface area contributed by atoms with E-state index in [-0.39, 0.29) is 5.97 Å². The average Bonchev–Trinajstić information content (AvgIpc) is 2.54. The molecule has 23 heavy (non-hydrogen) atoms. The van der Waals surface area contributed by atoms with Crippen LogP contribution >= 0.6 is 0 Å². The van der Waals surface area contributed by atoms with Crippen molar-refractivity contribution >= 4 is 5.97 Å². The molecule has 0 unspecified atom stereocenters. The van der Waals surface area contributed by atoms with Crippen LogP contribution < -0.4 is 0 Å². The molecule has 2 atom stereocenters. The number of ether oxygens (including phenoxy) is 1. The number of unbranched alkanes of at least 4 members (excludes halogenated alkanes) is 5. The maximum absolute atomic E-state index is 11.7. The monoisotopic (exact) mass is 316 g/mol. The van der Waals surface area contributed by atoms with Crippen LogP contribution in [0.4, 0.5) is 0 Å². The number of hydrogen-bond donors (Lipinski definition) is 0. The summed E-state index contributed by atoms with van der Waals surface area (Å²) in [5.74, 6) is 0.813. The van der Waals surface area contributed by atoms with E-state index >= 15 is 0 Å². The van der Waals surface area contributed by atoms with Crippen LogP contribution in [0.3, 0.4) is 0 Å². The predicted molar refractivity (Wildman–Crippen MR) is 95.7 cm³/mol. The number of benzene rings is 1. The summed E-state index contributed by atoms with van der Waals surface area (Å²) < 4.78 is 5.37. The largest absolute Gasteiger partial charge is 0.465 e. The van der Waals surface area contributed by atoms with E-state index in [1.165, 1.54) is 55.2 Å². The quantitative estimate of drug-likeness (QED) is 0.454. The second-order valence-corrected chi connectivity index (χ2v) is 7.15. The van der Waals surface area contributed by atoms with Crippen molar-refractivity contribution in [3.8, 4) is 0 Å². The van der Waals surface area contributed by atoms with Crippen LogP contribution in [0.15, 0.2) is 18.2 Å². The van der Waals surface area contributed by atoms with Crippen molar-refractivity contribution in [3.05, 3.63) is 34.9 Å². The molecule has 0 amide bonds.